The minimum absolute atomic E-state index is 0.401. The number of hydrogen-bond donors (Lipinski definition) is 1. The van der Waals surface area contributed by atoms with Gasteiger partial charge >= 0.3 is 0 Å². The Balaban J connectivity index is 1.12. The van der Waals surface area contributed by atoms with E-state index in [-0.39, 0.29) is 0 Å². The Bertz CT molecular complexity index is 2680. The number of nitrogens with one attached hydrogen (secondary N) is 1. The van der Waals surface area contributed by atoms with Crippen molar-refractivity contribution in [2.75, 3.05) is 0 Å². The molecule has 0 bridgehead atoms. The quantitative estimate of drug-likeness (QED) is 0.187. The first-order chi connectivity index (χ1) is 26.3. The lowest BCUT2D eigenvalue weighted by atomic mass is 9.67. The van der Waals surface area contributed by atoms with Crippen LogP contribution >= 0.6 is 0 Å². The second kappa shape index (κ2) is 12.7. The molecule has 2 aliphatic rings. The van der Waals surface area contributed by atoms with Gasteiger partial charge in [-0.3, -0.25) is 0 Å². The summed E-state index contributed by atoms with van der Waals surface area (Å²) in [6.45, 7) is 0. The van der Waals surface area contributed by atoms with Crippen molar-refractivity contribution < 1.29 is 0 Å². The van der Waals surface area contributed by atoms with Gasteiger partial charge in [-0.15, -0.1) is 0 Å². The van der Waals surface area contributed by atoms with E-state index in [1.807, 2.05) is 24.3 Å². The van der Waals surface area contributed by atoms with Crippen molar-refractivity contribution in [2.45, 2.75) is 11.6 Å². The molecule has 8 aromatic carbocycles. The molecule has 2 unspecified atom stereocenters. The van der Waals surface area contributed by atoms with Crippen LogP contribution in [0.3, 0.4) is 0 Å². The molecule has 10 rings (SSSR count). The molecule has 0 aromatic heterocycles. The van der Waals surface area contributed by atoms with E-state index in [9.17, 15) is 0 Å². The molecule has 1 aliphatic carbocycles. The molecule has 0 amide bonds. The maximum atomic E-state index is 5.26. The summed E-state index contributed by atoms with van der Waals surface area (Å²) in [7, 11) is 0. The van der Waals surface area contributed by atoms with Crippen LogP contribution in [0.15, 0.2) is 210 Å². The molecular weight excluding hydrogens is 643 g/mol. The lowest BCUT2D eigenvalue weighted by Crippen LogP contribution is -2.36. The van der Waals surface area contributed by atoms with Gasteiger partial charge in [-0.25, -0.2) is 9.98 Å². The molecule has 1 heterocycles. The highest BCUT2D eigenvalue weighted by molar-refractivity contribution is 6.16. The molecular formula is C50H35N3. The lowest BCUT2D eigenvalue weighted by molar-refractivity contribution is 0.755. The van der Waals surface area contributed by atoms with Crippen LogP contribution in [0.1, 0.15) is 45.1 Å². The second-order valence-corrected chi connectivity index (χ2v) is 13.8. The zero-order valence-electron chi connectivity index (χ0n) is 29.0. The molecule has 0 saturated carbocycles. The molecule has 1 aliphatic heterocycles. The molecule has 0 saturated heterocycles. The SMILES string of the molecule is c1ccc(C2=NC(c3cccc(-c4ccccc4)c3)N=C(c3ccc(C4(c5ccccc5)c5ccccc5-c5c4ccc4ccccc54)cc3)N2)cc1. The number of fused-ring (bicyclic) bond motifs is 5. The van der Waals surface area contributed by atoms with E-state index in [0.29, 0.717) is 0 Å². The molecule has 3 heteroatoms. The van der Waals surface area contributed by atoms with Gasteiger partial charge in [0.1, 0.15) is 11.7 Å². The van der Waals surface area contributed by atoms with Crippen LogP contribution < -0.4 is 5.32 Å². The van der Waals surface area contributed by atoms with E-state index in [4.69, 9.17) is 9.98 Å². The van der Waals surface area contributed by atoms with Crippen molar-refractivity contribution in [3.8, 4) is 22.3 Å². The molecule has 0 spiro atoms. The second-order valence-electron chi connectivity index (χ2n) is 13.8. The Morgan fingerprint density at radius 1 is 0.415 bits per heavy atom. The molecule has 1 N–H and O–H groups in total. The van der Waals surface area contributed by atoms with Crippen molar-refractivity contribution in [3.63, 3.8) is 0 Å². The van der Waals surface area contributed by atoms with E-state index in [0.717, 1.165) is 33.9 Å². The highest BCUT2D eigenvalue weighted by Gasteiger charge is 2.46. The van der Waals surface area contributed by atoms with Crippen LogP contribution in [0, 0.1) is 0 Å². The number of aliphatic imine (C=N–C) groups is 2. The summed E-state index contributed by atoms with van der Waals surface area (Å²) in [4.78, 5) is 10.4. The summed E-state index contributed by atoms with van der Waals surface area (Å²) < 4.78 is 0. The zero-order chi connectivity index (χ0) is 35.2. The third-order valence-electron chi connectivity index (χ3n) is 10.8. The molecule has 2 atom stereocenters. The number of benzene rings is 8. The summed E-state index contributed by atoms with van der Waals surface area (Å²) in [6, 6.07) is 71.7. The highest BCUT2D eigenvalue weighted by atomic mass is 15.2. The fourth-order valence-corrected chi connectivity index (χ4v) is 8.40. The van der Waals surface area contributed by atoms with E-state index in [2.05, 4.69) is 181 Å². The van der Waals surface area contributed by atoms with E-state index in [1.165, 1.54) is 49.7 Å². The fraction of sp³-hybridized carbons (Fsp3) is 0.0400. The lowest BCUT2D eigenvalue weighted by Gasteiger charge is -2.34. The Labute approximate surface area is 309 Å². The maximum Gasteiger partial charge on any atom is 0.169 e. The highest BCUT2D eigenvalue weighted by Crippen LogP contribution is 2.57. The average molecular weight is 678 g/mol. The minimum atomic E-state index is -0.491. The predicted molar refractivity (Wildman–Crippen MR) is 219 cm³/mol. The smallest absolute Gasteiger partial charge is 0.169 e. The Hall–Kier alpha value is -6.84. The molecule has 0 fully saturated rings. The Kier molecular flexibility index (Phi) is 7.43. The van der Waals surface area contributed by atoms with Gasteiger partial charge in [-0.1, -0.05) is 194 Å². The minimum Gasteiger partial charge on any atom is -0.324 e. The van der Waals surface area contributed by atoms with Gasteiger partial charge in [0.2, 0.25) is 0 Å². The van der Waals surface area contributed by atoms with Gasteiger partial charge < -0.3 is 5.32 Å². The van der Waals surface area contributed by atoms with Crippen molar-refractivity contribution >= 4 is 22.4 Å². The number of amidine groups is 2. The third kappa shape index (κ3) is 5.12. The predicted octanol–water partition coefficient (Wildman–Crippen LogP) is 11.4. The van der Waals surface area contributed by atoms with Gasteiger partial charge in [-0.05, 0) is 66.9 Å². The monoisotopic (exact) mass is 677 g/mol. The number of nitrogens with zero attached hydrogens (tertiary/aromatic N) is 2. The van der Waals surface area contributed by atoms with Crippen LogP contribution in [0.4, 0.5) is 0 Å². The van der Waals surface area contributed by atoms with Crippen LogP contribution in [-0.2, 0) is 5.41 Å². The molecule has 0 radical (unpaired) electrons. The molecule has 53 heavy (non-hydrogen) atoms. The Morgan fingerprint density at radius 3 is 1.75 bits per heavy atom. The summed E-state index contributed by atoms with van der Waals surface area (Å²) >= 11 is 0. The van der Waals surface area contributed by atoms with Gasteiger partial charge in [0.05, 0.1) is 5.41 Å². The van der Waals surface area contributed by atoms with Gasteiger partial charge in [0.25, 0.3) is 0 Å². The molecule has 3 nitrogen and oxygen atoms in total. The van der Waals surface area contributed by atoms with E-state index in [1.54, 1.807) is 0 Å². The summed E-state index contributed by atoms with van der Waals surface area (Å²) in [6.07, 6.45) is -0.401. The van der Waals surface area contributed by atoms with Crippen molar-refractivity contribution in [3.05, 3.63) is 239 Å². The van der Waals surface area contributed by atoms with E-state index >= 15 is 0 Å². The first kappa shape index (κ1) is 30.9. The summed E-state index contributed by atoms with van der Waals surface area (Å²) in [5.74, 6) is 1.61. The normalized spacial score (nSPS) is 17.3. The number of hydrogen-bond acceptors (Lipinski definition) is 3. The third-order valence-corrected chi connectivity index (χ3v) is 10.8. The van der Waals surface area contributed by atoms with Crippen molar-refractivity contribution in [1.29, 1.82) is 0 Å². The number of rotatable bonds is 6. The first-order valence-corrected chi connectivity index (χ1v) is 18.2. The standard InChI is InChI=1S/C50H35N3/c1-4-15-34(16-5-1)38-20-14-21-39(33-38)49-52-47(36-18-6-2-7-19-36)51-48(53-49)37-27-30-41(31-28-37)50(40-22-8-3-9-23-40)44-26-13-12-25-43(44)46-42-24-11-10-17-35(42)29-32-45(46)50/h1-33,49H,(H,51,52,53). The largest absolute Gasteiger partial charge is 0.324 e. The van der Waals surface area contributed by atoms with Gasteiger partial charge in [-0.2, -0.15) is 0 Å². The summed E-state index contributed by atoms with van der Waals surface area (Å²) in [5.41, 5.74) is 12.6. The van der Waals surface area contributed by atoms with Crippen LogP contribution in [-0.4, -0.2) is 11.7 Å². The average Bonchev–Trinajstić information content (AvgIpc) is 3.56. The maximum absolute atomic E-state index is 5.26. The van der Waals surface area contributed by atoms with Crippen molar-refractivity contribution in [2.24, 2.45) is 9.98 Å². The summed E-state index contributed by atoms with van der Waals surface area (Å²) in [5, 5.41) is 6.15. The zero-order valence-corrected chi connectivity index (χ0v) is 29.0. The van der Waals surface area contributed by atoms with E-state index < -0.39 is 11.6 Å². The van der Waals surface area contributed by atoms with Gasteiger partial charge in [0.15, 0.2) is 6.17 Å². The van der Waals surface area contributed by atoms with Crippen LogP contribution in [0.25, 0.3) is 33.0 Å². The van der Waals surface area contributed by atoms with Crippen LogP contribution in [0.2, 0.25) is 0 Å². The topological polar surface area (TPSA) is 36.8 Å². The Morgan fingerprint density at radius 2 is 1.00 bits per heavy atom. The van der Waals surface area contributed by atoms with Crippen molar-refractivity contribution in [1.82, 2.24) is 5.32 Å². The van der Waals surface area contributed by atoms with Gasteiger partial charge in [0, 0.05) is 11.1 Å². The molecule has 8 aromatic rings. The molecule has 250 valence electrons. The van der Waals surface area contributed by atoms with Crippen LogP contribution in [0.5, 0.6) is 0 Å². The first-order valence-electron chi connectivity index (χ1n) is 18.2. The fourth-order valence-electron chi connectivity index (χ4n) is 8.40.